The second-order valence-corrected chi connectivity index (χ2v) is 3.99. The van der Waals surface area contributed by atoms with Gasteiger partial charge in [0.15, 0.2) is 11.6 Å². The van der Waals surface area contributed by atoms with E-state index >= 15 is 0 Å². The Morgan fingerprint density at radius 3 is 2.79 bits per heavy atom. The fourth-order valence-electron chi connectivity index (χ4n) is 1.41. The van der Waals surface area contributed by atoms with Crippen LogP contribution in [0.4, 0.5) is 20.3 Å². The van der Waals surface area contributed by atoms with Crippen LogP contribution in [-0.2, 0) is 0 Å². The third-order valence-corrected chi connectivity index (χ3v) is 2.60. The van der Waals surface area contributed by atoms with Gasteiger partial charge in [-0.2, -0.15) is 0 Å². The van der Waals surface area contributed by atoms with Crippen LogP contribution < -0.4 is 5.32 Å². The van der Waals surface area contributed by atoms with Crippen LogP contribution in [0.15, 0.2) is 30.5 Å². The molecule has 2 rings (SSSR count). The Labute approximate surface area is 111 Å². The number of carbonyl (C=O) groups is 1. The van der Waals surface area contributed by atoms with Gasteiger partial charge >= 0.3 is 5.97 Å². The van der Waals surface area contributed by atoms with Crippen LogP contribution in [0.2, 0.25) is 5.02 Å². The second-order valence-electron chi connectivity index (χ2n) is 3.58. The molecule has 2 aromatic rings. The number of pyridine rings is 1. The summed E-state index contributed by atoms with van der Waals surface area (Å²) in [6.07, 6.45) is 1.12. The molecule has 19 heavy (non-hydrogen) atoms. The SMILES string of the molecule is O=C(O)c1cc(Nc2cccc(F)c2F)ncc1Cl. The van der Waals surface area contributed by atoms with Crippen LogP contribution in [0.1, 0.15) is 10.4 Å². The lowest BCUT2D eigenvalue weighted by molar-refractivity contribution is 0.0697. The van der Waals surface area contributed by atoms with Gasteiger partial charge in [-0.25, -0.2) is 18.6 Å². The highest BCUT2D eigenvalue weighted by Crippen LogP contribution is 2.23. The van der Waals surface area contributed by atoms with Gasteiger partial charge in [0.05, 0.1) is 16.3 Å². The largest absolute Gasteiger partial charge is 0.478 e. The summed E-state index contributed by atoms with van der Waals surface area (Å²) in [5.41, 5.74) is -0.331. The van der Waals surface area contributed by atoms with Crippen molar-refractivity contribution >= 4 is 29.1 Å². The lowest BCUT2D eigenvalue weighted by Gasteiger charge is -2.08. The molecule has 1 aromatic carbocycles. The van der Waals surface area contributed by atoms with E-state index in [0.29, 0.717) is 0 Å². The minimum Gasteiger partial charge on any atom is -0.478 e. The molecule has 0 aliphatic heterocycles. The topological polar surface area (TPSA) is 62.2 Å². The number of anilines is 2. The normalized spacial score (nSPS) is 10.3. The Morgan fingerprint density at radius 1 is 1.37 bits per heavy atom. The number of carboxylic acid groups (broad SMARTS) is 1. The van der Waals surface area contributed by atoms with Crippen LogP contribution >= 0.6 is 11.6 Å². The van der Waals surface area contributed by atoms with E-state index in [9.17, 15) is 13.6 Å². The van der Waals surface area contributed by atoms with Crippen LogP contribution in [0.3, 0.4) is 0 Å². The Morgan fingerprint density at radius 2 is 2.11 bits per heavy atom. The molecular weight excluding hydrogens is 278 g/mol. The molecule has 4 nitrogen and oxygen atoms in total. The Kier molecular flexibility index (Phi) is 3.62. The number of hydrogen-bond acceptors (Lipinski definition) is 3. The molecule has 0 amide bonds. The molecule has 7 heteroatoms. The average molecular weight is 285 g/mol. The fourth-order valence-corrected chi connectivity index (χ4v) is 1.59. The molecular formula is C12H7ClF2N2O2. The van der Waals surface area contributed by atoms with Crippen molar-refractivity contribution in [2.75, 3.05) is 5.32 Å². The van der Waals surface area contributed by atoms with Crippen molar-refractivity contribution in [2.24, 2.45) is 0 Å². The number of nitrogens with zero attached hydrogens (tertiary/aromatic N) is 1. The summed E-state index contributed by atoms with van der Waals surface area (Å²) in [6, 6.07) is 4.72. The minimum absolute atomic E-state index is 0.0437. The number of hydrogen-bond donors (Lipinski definition) is 2. The summed E-state index contributed by atoms with van der Waals surface area (Å²) in [5, 5.41) is 11.3. The molecule has 0 unspecified atom stereocenters. The quantitative estimate of drug-likeness (QED) is 0.906. The third-order valence-electron chi connectivity index (χ3n) is 2.30. The predicted octanol–water partition coefficient (Wildman–Crippen LogP) is 3.46. The number of carboxylic acids is 1. The second kappa shape index (κ2) is 5.19. The Bertz CT molecular complexity index is 650. The van der Waals surface area contributed by atoms with Crippen molar-refractivity contribution in [3.05, 3.63) is 52.7 Å². The molecule has 1 heterocycles. The summed E-state index contributed by atoms with van der Waals surface area (Å²) in [4.78, 5) is 14.7. The summed E-state index contributed by atoms with van der Waals surface area (Å²) < 4.78 is 26.4. The zero-order valence-electron chi connectivity index (χ0n) is 9.32. The maximum absolute atomic E-state index is 13.4. The van der Waals surface area contributed by atoms with Crippen molar-refractivity contribution < 1.29 is 18.7 Å². The fraction of sp³-hybridized carbons (Fsp3) is 0. The monoisotopic (exact) mass is 284 g/mol. The first kappa shape index (κ1) is 13.2. The highest BCUT2D eigenvalue weighted by atomic mass is 35.5. The van der Waals surface area contributed by atoms with E-state index in [2.05, 4.69) is 10.3 Å². The van der Waals surface area contributed by atoms with E-state index in [1.165, 1.54) is 12.1 Å². The van der Waals surface area contributed by atoms with E-state index in [1.807, 2.05) is 0 Å². The number of aromatic nitrogens is 1. The number of benzene rings is 1. The number of rotatable bonds is 3. The lowest BCUT2D eigenvalue weighted by atomic mass is 10.2. The molecule has 0 saturated carbocycles. The Hall–Kier alpha value is -2.21. The molecule has 0 bridgehead atoms. The van der Waals surface area contributed by atoms with Crippen molar-refractivity contribution in [1.29, 1.82) is 0 Å². The summed E-state index contributed by atoms with van der Waals surface area (Å²) in [5.74, 6) is -3.28. The van der Waals surface area contributed by atoms with Crippen molar-refractivity contribution in [1.82, 2.24) is 4.98 Å². The molecule has 0 radical (unpaired) electrons. The van der Waals surface area contributed by atoms with E-state index in [4.69, 9.17) is 16.7 Å². The standard InChI is InChI=1S/C12H7ClF2N2O2/c13-7-5-16-10(4-6(7)12(18)19)17-9-3-1-2-8(14)11(9)15/h1-5H,(H,16,17)(H,18,19). The van der Waals surface area contributed by atoms with Gasteiger partial charge in [-0.15, -0.1) is 0 Å². The van der Waals surface area contributed by atoms with Gasteiger partial charge in [-0.05, 0) is 18.2 Å². The molecule has 0 aliphatic rings. The van der Waals surface area contributed by atoms with E-state index in [0.717, 1.165) is 18.3 Å². The van der Waals surface area contributed by atoms with Gasteiger partial charge in [-0.1, -0.05) is 17.7 Å². The minimum atomic E-state index is -1.24. The van der Waals surface area contributed by atoms with Crippen LogP contribution in [0.25, 0.3) is 0 Å². The van der Waals surface area contributed by atoms with Crippen molar-refractivity contribution in [3.8, 4) is 0 Å². The molecule has 1 aromatic heterocycles. The predicted molar refractivity (Wildman–Crippen MR) is 65.8 cm³/mol. The van der Waals surface area contributed by atoms with Crippen LogP contribution in [0, 0.1) is 11.6 Å². The van der Waals surface area contributed by atoms with Gasteiger partial charge in [0.2, 0.25) is 0 Å². The molecule has 0 atom stereocenters. The molecule has 0 saturated heterocycles. The molecule has 0 fully saturated rings. The van der Waals surface area contributed by atoms with Crippen molar-refractivity contribution in [3.63, 3.8) is 0 Å². The van der Waals surface area contributed by atoms with E-state index in [1.54, 1.807) is 0 Å². The van der Waals surface area contributed by atoms with Crippen molar-refractivity contribution in [2.45, 2.75) is 0 Å². The number of nitrogens with one attached hydrogen (secondary N) is 1. The molecule has 0 aliphatic carbocycles. The van der Waals surface area contributed by atoms with E-state index in [-0.39, 0.29) is 22.1 Å². The Balaban J connectivity index is 2.36. The van der Waals surface area contributed by atoms with Gasteiger partial charge in [0.25, 0.3) is 0 Å². The van der Waals surface area contributed by atoms with Gasteiger partial charge < -0.3 is 10.4 Å². The van der Waals surface area contributed by atoms with Gasteiger partial charge in [0.1, 0.15) is 5.82 Å². The third kappa shape index (κ3) is 2.79. The summed E-state index contributed by atoms with van der Waals surface area (Å²) in [6.45, 7) is 0. The zero-order chi connectivity index (χ0) is 14.0. The maximum Gasteiger partial charge on any atom is 0.337 e. The molecule has 0 spiro atoms. The highest BCUT2D eigenvalue weighted by Gasteiger charge is 2.12. The number of aromatic carboxylic acids is 1. The molecule has 2 N–H and O–H groups in total. The first-order valence-electron chi connectivity index (χ1n) is 5.09. The average Bonchev–Trinajstić information content (AvgIpc) is 2.37. The highest BCUT2D eigenvalue weighted by molar-refractivity contribution is 6.33. The maximum atomic E-state index is 13.4. The zero-order valence-corrected chi connectivity index (χ0v) is 10.1. The smallest absolute Gasteiger partial charge is 0.337 e. The van der Waals surface area contributed by atoms with Gasteiger partial charge in [-0.3, -0.25) is 0 Å². The van der Waals surface area contributed by atoms with Gasteiger partial charge in [0, 0.05) is 6.20 Å². The molecule has 98 valence electrons. The van der Waals surface area contributed by atoms with Crippen LogP contribution in [-0.4, -0.2) is 16.1 Å². The first-order chi connectivity index (χ1) is 8.99. The number of halogens is 3. The first-order valence-corrected chi connectivity index (χ1v) is 5.46. The van der Waals surface area contributed by atoms with E-state index < -0.39 is 17.6 Å². The lowest BCUT2D eigenvalue weighted by Crippen LogP contribution is -2.02. The summed E-state index contributed by atoms with van der Waals surface area (Å²) >= 11 is 5.65. The van der Waals surface area contributed by atoms with Crippen LogP contribution in [0.5, 0.6) is 0 Å². The summed E-state index contributed by atoms with van der Waals surface area (Å²) in [7, 11) is 0.